The zero-order valence-electron chi connectivity index (χ0n) is 12.2. The highest BCUT2D eigenvalue weighted by Gasteiger charge is 2.06. The molecule has 0 spiro atoms. The van der Waals surface area contributed by atoms with Crippen LogP contribution in [0, 0.1) is 18.8 Å². The molecule has 0 aliphatic rings. The average molecular weight is 312 g/mol. The monoisotopic (exact) mass is 311 g/mol. The van der Waals surface area contributed by atoms with Gasteiger partial charge < -0.3 is 5.32 Å². The first-order valence-electron chi connectivity index (χ1n) is 6.66. The van der Waals surface area contributed by atoms with E-state index >= 15 is 0 Å². The van der Waals surface area contributed by atoms with E-state index in [2.05, 4.69) is 17.2 Å². The third kappa shape index (κ3) is 4.21. The summed E-state index contributed by atoms with van der Waals surface area (Å²) in [6.07, 6.45) is 0. The van der Waals surface area contributed by atoms with Crippen molar-refractivity contribution in [2.45, 2.75) is 13.8 Å². The van der Waals surface area contributed by atoms with Crippen LogP contribution in [0.1, 0.15) is 23.6 Å². The summed E-state index contributed by atoms with van der Waals surface area (Å²) in [7, 11) is 0. The van der Waals surface area contributed by atoms with Gasteiger partial charge in [0.25, 0.3) is 5.91 Å². The summed E-state index contributed by atoms with van der Waals surface area (Å²) in [6, 6.07) is 12.6. The van der Waals surface area contributed by atoms with Gasteiger partial charge in [0.15, 0.2) is 0 Å². The van der Waals surface area contributed by atoms with Crippen LogP contribution in [0.15, 0.2) is 42.5 Å². The van der Waals surface area contributed by atoms with Crippen LogP contribution >= 0.6 is 11.6 Å². The van der Waals surface area contributed by atoms with E-state index in [0.29, 0.717) is 10.7 Å². The van der Waals surface area contributed by atoms with Crippen molar-refractivity contribution in [3.05, 3.63) is 64.2 Å². The van der Waals surface area contributed by atoms with Gasteiger partial charge in [0, 0.05) is 23.7 Å². The van der Waals surface area contributed by atoms with Gasteiger partial charge in [0.1, 0.15) is 0 Å². The summed E-state index contributed by atoms with van der Waals surface area (Å²) in [6.45, 7) is 3.19. The topological polar surface area (TPSA) is 46.2 Å². The highest BCUT2D eigenvalue weighted by atomic mass is 35.5. The molecule has 0 saturated heterocycles. The van der Waals surface area contributed by atoms with Gasteiger partial charge >= 0.3 is 0 Å². The van der Waals surface area contributed by atoms with Crippen LogP contribution in [0.5, 0.6) is 0 Å². The molecule has 0 saturated carbocycles. The fourth-order valence-corrected chi connectivity index (χ4v) is 2.00. The van der Waals surface area contributed by atoms with Gasteiger partial charge in [-0.3, -0.25) is 9.59 Å². The highest BCUT2D eigenvalue weighted by Crippen LogP contribution is 2.16. The lowest BCUT2D eigenvalue weighted by Crippen LogP contribution is -2.19. The summed E-state index contributed by atoms with van der Waals surface area (Å²) in [4.78, 5) is 22.2. The predicted octanol–water partition coefficient (Wildman–Crippen LogP) is 3.58. The van der Waals surface area contributed by atoms with Crippen LogP contribution in [0.25, 0.3) is 0 Å². The molecule has 0 aliphatic heterocycles. The molecular formula is C18H14ClNO2. The van der Waals surface area contributed by atoms with Gasteiger partial charge in [-0.25, -0.2) is 0 Å². The van der Waals surface area contributed by atoms with E-state index in [1.807, 2.05) is 25.1 Å². The molecule has 3 nitrogen and oxygen atoms in total. The Morgan fingerprint density at radius 2 is 1.73 bits per heavy atom. The Kier molecular flexibility index (Phi) is 4.98. The Morgan fingerprint density at radius 1 is 1.05 bits per heavy atom. The molecule has 2 aromatic rings. The van der Waals surface area contributed by atoms with Crippen molar-refractivity contribution < 1.29 is 9.59 Å². The fraction of sp³-hybridized carbons (Fsp3) is 0.111. The average Bonchev–Trinajstić information content (AvgIpc) is 2.47. The molecule has 0 bridgehead atoms. The molecule has 1 amide bonds. The largest absolute Gasteiger partial charge is 0.319 e. The highest BCUT2D eigenvalue weighted by molar-refractivity contribution is 6.39. The SMILES string of the molecule is CC(=O)C(=O)Nc1ccc(C#Cc2ccc(C)cc2Cl)cc1. The van der Waals surface area contributed by atoms with Crippen LogP contribution in [-0.4, -0.2) is 11.7 Å². The zero-order chi connectivity index (χ0) is 16.1. The second-order valence-electron chi connectivity index (χ2n) is 4.82. The van der Waals surface area contributed by atoms with Crippen LogP contribution in [0.2, 0.25) is 5.02 Å². The quantitative estimate of drug-likeness (QED) is 0.680. The van der Waals surface area contributed by atoms with Crippen molar-refractivity contribution in [2.75, 3.05) is 5.32 Å². The third-order valence-electron chi connectivity index (χ3n) is 2.93. The Hall–Kier alpha value is -2.57. The van der Waals surface area contributed by atoms with E-state index in [1.54, 1.807) is 24.3 Å². The Bertz CT molecular complexity index is 783. The molecule has 0 aliphatic carbocycles. The Balaban J connectivity index is 2.13. The number of halogens is 1. The molecule has 4 heteroatoms. The maximum atomic E-state index is 11.3. The number of hydrogen-bond acceptors (Lipinski definition) is 2. The number of anilines is 1. The first-order valence-corrected chi connectivity index (χ1v) is 7.03. The van der Waals surface area contributed by atoms with Crippen molar-refractivity contribution in [1.82, 2.24) is 0 Å². The standard InChI is InChI=1S/C18H14ClNO2/c1-12-3-7-15(17(19)11-12)8-4-14-5-9-16(10-6-14)20-18(22)13(2)21/h3,5-7,9-11H,1-2H3,(H,20,22). The summed E-state index contributed by atoms with van der Waals surface area (Å²) >= 11 is 6.13. The molecule has 0 heterocycles. The number of ketones is 1. The number of benzene rings is 2. The first kappa shape index (κ1) is 15.8. The number of aryl methyl sites for hydroxylation is 1. The van der Waals surface area contributed by atoms with Crippen LogP contribution in [0.4, 0.5) is 5.69 Å². The van der Waals surface area contributed by atoms with E-state index < -0.39 is 11.7 Å². The van der Waals surface area contributed by atoms with Crippen molar-refractivity contribution in [3.63, 3.8) is 0 Å². The third-order valence-corrected chi connectivity index (χ3v) is 3.24. The van der Waals surface area contributed by atoms with Crippen molar-refractivity contribution in [1.29, 1.82) is 0 Å². The molecule has 0 radical (unpaired) electrons. The number of rotatable bonds is 2. The summed E-state index contributed by atoms with van der Waals surface area (Å²) in [5, 5.41) is 3.12. The van der Waals surface area contributed by atoms with Gasteiger partial charge in [0.05, 0.1) is 5.02 Å². The van der Waals surface area contributed by atoms with Crippen molar-refractivity contribution in [2.24, 2.45) is 0 Å². The van der Waals surface area contributed by atoms with E-state index in [-0.39, 0.29) is 0 Å². The maximum Gasteiger partial charge on any atom is 0.291 e. The molecule has 0 atom stereocenters. The summed E-state index contributed by atoms with van der Waals surface area (Å²) in [5.41, 5.74) is 3.19. The summed E-state index contributed by atoms with van der Waals surface area (Å²) in [5.74, 6) is 4.86. The molecule has 110 valence electrons. The Morgan fingerprint density at radius 3 is 2.32 bits per heavy atom. The van der Waals surface area contributed by atoms with Gasteiger partial charge in [0.2, 0.25) is 5.78 Å². The first-order chi connectivity index (χ1) is 10.5. The van der Waals surface area contributed by atoms with E-state index in [1.165, 1.54) is 6.92 Å². The van der Waals surface area contributed by atoms with Crippen LogP contribution in [-0.2, 0) is 9.59 Å². The second-order valence-corrected chi connectivity index (χ2v) is 5.23. The molecule has 0 fully saturated rings. The molecule has 2 aromatic carbocycles. The molecule has 0 aromatic heterocycles. The number of amides is 1. The predicted molar refractivity (Wildman–Crippen MR) is 87.9 cm³/mol. The second kappa shape index (κ2) is 6.93. The van der Waals surface area contributed by atoms with Gasteiger partial charge in [-0.1, -0.05) is 29.5 Å². The van der Waals surface area contributed by atoms with Gasteiger partial charge in [-0.15, -0.1) is 0 Å². The minimum atomic E-state index is -0.634. The minimum absolute atomic E-state index is 0.530. The summed E-state index contributed by atoms with van der Waals surface area (Å²) < 4.78 is 0. The number of Topliss-reactive ketones (excluding diaryl/α,β-unsaturated/α-hetero) is 1. The smallest absolute Gasteiger partial charge is 0.291 e. The molecule has 0 unspecified atom stereocenters. The molecular weight excluding hydrogens is 298 g/mol. The maximum absolute atomic E-state index is 11.3. The Labute approximate surface area is 134 Å². The fourth-order valence-electron chi connectivity index (χ4n) is 1.72. The molecule has 22 heavy (non-hydrogen) atoms. The van der Waals surface area contributed by atoms with Gasteiger partial charge in [-0.05, 0) is 48.9 Å². The minimum Gasteiger partial charge on any atom is -0.319 e. The number of hydrogen-bond donors (Lipinski definition) is 1. The normalized spacial score (nSPS) is 9.59. The molecule has 2 rings (SSSR count). The lowest BCUT2D eigenvalue weighted by atomic mass is 10.1. The van der Waals surface area contributed by atoms with Crippen molar-refractivity contribution in [3.8, 4) is 11.8 Å². The number of carbonyl (C=O) groups is 2. The van der Waals surface area contributed by atoms with E-state index in [9.17, 15) is 9.59 Å². The lowest BCUT2D eigenvalue weighted by Gasteiger charge is -2.02. The number of nitrogens with one attached hydrogen (secondary N) is 1. The number of carbonyl (C=O) groups excluding carboxylic acids is 2. The van der Waals surface area contributed by atoms with Gasteiger partial charge in [-0.2, -0.15) is 0 Å². The van der Waals surface area contributed by atoms with Crippen LogP contribution < -0.4 is 5.32 Å². The van der Waals surface area contributed by atoms with Crippen molar-refractivity contribution >= 4 is 29.0 Å². The van der Waals surface area contributed by atoms with E-state index in [4.69, 9.17) is 11.6 Å². The zero-order valence-corrected chi connectivity index (χ0v) is 13.0. The lowest BCUT2D eigenvalue weighted by molar-refractivity contribution is -0.133. The molecule has 1 N–H and O–H groups in total. The van der Waals surface area contributed by atoms with Crippen LogP contribution in [0.3, 0.4) is 0 Å². The van der Waals surface area contributed by atoms with E-state index in [0.717, 1.165) is 16.7 Å².